The second kappa shape index (κ2) is 9.78. The lowest BCUT2D eigenvalue weighted by atomic mass is 9.70. The summed E-state index contributed by atoms with van der Waals surface area (Å²) in [6, 6.07) is 13.9. The molecule has 3 aromatic carbocycles. The number of likely N-dealkylation sites (tertiary alicyclic amines) is 1. The highest BCUT2D eigenvalue weighted by molar-refractivity contribution is 6.11. The molecule has 0 bridgehead atoms. The van der Waals surface area contributed by atoms with Gasteiger partial charge in [0.05, 0.1) is 12.1 Å². The second-order valence-electron chi connectivity index (χ2n) is 9.15. The summed E-state index contributed by atoms with van der Waals surface area (Å²) in [5.74, 6) is -3.40. The number of piperidine rings is 1. The molecular weight excluding hydrogens is 469 g/mol. The van der Waals surface area contributed by atoms with Gasteiger partial charge in [0.2, 0.25) is 5.91 Å². The minimum Gasteiger partial charge on any atom is -0.426 e. The number of nitrogens with one attached hydrogen (secondary N) is 1. The zero-order chi connectivity index (χ0) is 25.3. The molecule has 0 aromatic heterocycles. The van der Waals surface area contributed by atoms with Crippen molar-refractivity contribution in [3.63, 3.8) is 0 Å². The average Bonchev–Trinajstić information content (AvgIpc) is 3.20. The first kappa shape index (κ1) is 24.1. The van der Waals surface area contributed by atoms with Gasteiger partial charge in [0, 0.05) is 12.1 Å². The first-order chi connectivity index (χ1) is 17.4. The van der Waals surface area contributed by atoms with E-state index in [0.717, 1.165) is 32.0 Å². The fraction of sp³-hybridized carbons (Fsp3) is 0.286. The van der Waals surface area contributed by atoms with Gasteiger partial charge in [0.1, 0.15) is 17.0 Å². The monoisotopic (exact) mass is 494 g/mol. The number of carbonyl (C=O) groups excluding carboxylic acids is 2. The van der Waals surface area contributed by atoms with Gasteiger partial charge in [-0.25, -0.2) is 13.2 Å². The van der Waals surface area contributed by atoms with E-state index in [0.29, 0.717) is 23.4 Å². The number of nitrogens with zero attached hydrogens (tertiary/aromatic N) is 1. The predicted molar refractivity (Wildman–Crippen MR) is 128 cm³/mol. The van der Waals surface area contributed by atoms with Crippen molar-refractivity contribution in [1.82, 2.24) is 4.90 Å². The third kappa shape index (κ3) is 4.26. The summed E-state index contributed by atoms with van der Waals surface area (Å²) in [6.45, 7) is 2.62. The number of hydrogen-bond donors (Lipinski definition) is 1. The van der Waals surface area contributed by atoms with Crippen molar-refractivity contribution < 1.29 is 27.5 Å². The van der Waals surface area contributed by atoms with Crippen molar-refractivity contribution in [2.24, 2.45) is 0 Å². The summed E-state index contributed by atoms with van der Waals surface area (Å²) in [5, 5.41) is 2.47. The summed E-state index contributed by atoms with van der Waals surface area (Å²) in [5.41, 5.74) is -0.766. The van der Waals surface area contributed by atoms with Crippen LogP contribution >= 0.6 is 0 Å². The summed E-state index contributed by atoms with van der Waals surface area (Å²) in [7, 11) is 0. The van der Waals surface area contributed by atoms with E-state index in [1.165, 1.54) is 36.8 Å². The van der Waals surface area contributed by atoms with E-state index in [9.17, 15) is 22.8 Å². The van der Waals surface area contributed by atoms with Crippen molar-refractivity contribution in [3.05, 3.63) is 94.8 Å². The SMILES string of the molecule is O=C(CCN1CCCCC1)Oc1ccc(C2(c3ccc(F)cc3)C(=O)Nc3c2ccc(F)c3F)cc1. The van der Waals surface area contributed by atoms with Gasteiger partial charge >= 0.3 is 5.97 Å². The molecule has 3 aromatic rings. The number of ether oxygens (including phenoxy) is 1. The molecule has 1 atom stereocenters. The van der Waals surface area contributed by atoms with E-state index in [1.54, 1.807) is 24.3 Å². The Morgan fingerprint density at radius 3 is 2.19 bits per heavy atom. The Labute approximate surface area is 206 Å². The van der Waals surface area contributed by atoms with Crippen molar-refractivity contribution in [2.45, 2.75) is 31.1 Å². The third-order valence-corrected chi connectivity index (χ3v) is 6.96. The number of esters is 1. The van der Waals surface area contributed by atoms with Gasteiger partial charge in [0.15, 0.2) is 11.6 Å². The topological polar surface area (TPSA) is 58.6 Å². The third-order valence-electron chi connectivity index (χ3n) is 6.96. The van der Waals surface area contributed by atoms with Gasteiger partial charge in [-0.2, -0.15) is 0 Å². The van der Waals surface area contributed by atoms with Crippen LogP contribution in [0.15, 0.2) is 60.7 Å². The van der Waals surface area contributed by atoms with Crippen LogP contribution in [0.1, 0.15) is 42.4 Å². The van der Waals surface area contributed by atoms with Crippen LogP contribution in [0.5, 0.6) is 5.75 Å². The fourth-order valence-electron chi connectivity index (χ4n) is 5.14. The molecule has 1 unspecified atom stereocenters. The second-order valence-corrected chi connectivity index (χ2v) is 9.15. The number of rotatable bonds is 6. The zero-order valence-electron chi connectivity index (χ0n) is 19.5. The minimum absolute atomic E-state index is 0.212. The first-order valence-electron chi connectivity index (χ1n) is 12.0. The molecule has 1 N–H and O–H groups in total. The molecule has 5 nitrogen and oxygen atoms in total. The average molecular weight is 495 g/mol. The summed E-state index contributed by atoms with van der Waals surface area (Å²) < 4.78 is 47.7. The molecule has 8 heteroatoms. The lowest BCUT2D eigenvalue weighted by Gasteiger charge is -2.29. The number of carbonyl (C=O) groups is 2. The Morgan fingerprint density at radius 2 is 1.53 bits per heavy atom. The van der Waals surface area contributed by atoms with Crippen LogP contribution in [0.2, 0.25) is 0 Å². The maximum Gasteiger partial charge on any atom is 0.312 e. The van der Waals surface area contributed by atoms with Gasteiger partial charge in [0.25, 0.3) is 0 Å². The van der Waals surface area contributed by atoms with E-state index < -0.39 is 28.8 Å². The van der Waals surface area contributed by atoms with E-state index in [2.05, 4.69) is 10.2 Å². The van der Waals surface area contributed by atoms with Crippen LogP contribution in [0.4, 0.5) is 18.9 Å². The lowest BCUT2D eigenvalue weighted by molar-refractivity contribution is -0.134. The van der Waals surface area contributed by atoms with E-state index in [4.69, 9.17) is 4.74 Å². The van der Waals surface area contributed by atoms with Gasteiger partial charge < -0.3 is 15.0 Å². The Morgan fingerprint density at radius 1 is 0.889 bits per heavy atom. The number of halogens is 3. The van der Waals surface area contributed by atoms with Gasteiger partial charge in [-0.1, -0.05) is 36.8 Å². The van der Waals surface area contributed by atoms with E-state index >= 15 is 0 Å². The number of fused-ring (bicyclic) bond motifs is 1. The molecule has 186 valence electrons. The molecule has 0 saturated carbocycles. The highest BCUT2D eigenvalue weighted by Gasteiger charge is 2.51. The van der Waals surface area contributed by atoms with Crippen LogP contribution < -0.4 is 10.1 Å². The van der Waals surface area contributed by atoms with Crippen LogP contribution in [-0.2, 0) is 15.0 Å². The number of anilines is 1. The van der Waals surface area contributed by atoms with Crippen molar-refractivity contribution in [3.8, 4) is 5.75 Å². The molecule has 1 amide bonds. The summed E-state index contributed by atoms with van der Waals surface area (Å²) in [6.07, 6.45) is 3.76. The zero-order valence-corrected chi connectivity index (χ0v) is 19.5. The molecule has 1 saturated heterocycles. The Kier molecular flexibility index (Phi) is 6.53. The highest BCUT2D eigenvalue weighted by Crippen LogP contribution is 2.49. The first-order valence-corrected chi connectivity index (χ1v) is 12.0. The van der Waals surface area contributed by atoms with E-state index in [1.807, 2.05) is 0 Å². The van der Waals surface area contributed by atoms with Gasteiger partial charge in [-0.05, 0) is 67.4 Å². The van der Waals surface area contributed by atoms with E-state index in [-0.39, 0.29) is 23.6 Å². The molecular formula is C28H25F3N2O3. The standard InChI is InChI=1S/C28H25F3N2O3/c29-20-8-4-18(5-9-20)28(22-12-13-23(30)25(31)26(22)32-27(28)35)19-6-10-21(11-7-19)36-24(34)14-17-33-15-2-1-3-16-33/h4-13H,1-3,14-17H2,(H,32,35). The minimum atomic E-state index is -1.55. The largest absolute Gasteiger partial charge is 0.426 e. The van der Waals surface area contributed by atoms with Crippen molar-refractivity contribution in [1.29, 1.82) is 0 Å². The molecule has 0 aliphatic carbocycles. The highest BCUT2D eigenvalue weighted by atomic mass is 19.2. The summed E-state index contributed by atoms with van der Waals surface area (Å²) >= 11 is 0. The normalized spacial score (nSPS) is 19.6. The van der Waals surface area contributed by atoms with Crippen LogP contribution in [0.25, 0.3) is 0 Å². The predicted octanol–water partition coefficient (Wildman–Crippen LogP) is 5.17. The van der Waals surface area contributed by atoms with Crippen LogP contribution in [0.3, 0.4) is 0 Å². The number of hydrogen-bond acceptors (Lipinski definition) is 4. The molecule has 0 spiro atoms. The quantitative estimate of drug-likeness (QED) is 0.379. The maximum atomic E-state index is 14.6. The lowest BCUT2D eigenvalue weighted by Crippen LogP contribution is -2.37. The van der Waals surface area contributed by atoms with Crippen molar-refractivity contribution >= 4 is 17.6 Å². The Balaban J connectivity index is 1.45. The Bertz CT molecular complexity index is 1290. The van der Waals surface area contributed by atoms with Crippen molar-refractivity contribution in [2.75, 3.05) is 25.0 Å². The molecule has 36 heavy (non-hydrogen) atoms. The molecule has 1 fully saturated rings. The van der Waals surface area contributed by atoms with Crippen LogP contribution in [-0.4, -0.2) is 36.4 Å². The smallest absolute Gasteiger partial charge is 0.312 e. The molecule has 2 heterocycles. The van der Waals surface area contributed by atoms with Crippen LogP contribution in [0, 0.1) is 17.5 Å². The van der Waals surface area contributed by atoms with Gasteiger partial charge in [-0.3, -0.25) is 9.59 Å². The molecule has 2 aliphatic heterocycles. The molecule has 0 radical (unpaired) electrons. The maximum absolute atomic E-state index is 14.6. The number of benzene rings is 3. The fourth-order valence-corrected chi connectivity index (χ4v) is 5.14. The summed E-state index contributed by atoms with van der Waals surface area (Å²) in [4.78, 5) is 28.0. The number of amides is 1. The Hall–Kier alpha value is -3.65. The molecule has 2 aliphatic rings. The van der Waals surface area contributed by atoms with Gasteiger partial charge in [-0.15, -0.1) is 0 Å². The molecule has 5 rings (SSSR count).